The van der Waals surface area contributed by atoms with Gasteiger partial charge in [0.05, 0.1) is 25.7 Å². The molecular formula is C27H27N3O2. The summed E-state index contributed by atoms with van der Waals surface area (Å²) in [6, 6.07) is 31.5. The van der Waals surface area contributed by atoms with Crippen LogP contribution in [-0.2, 0) is 21.5 Å². The van der Waals surface area contributed by atoms with Gasteiger partial charge in [-0.15, -0.1) is 0 Å². The second kappa shape index (κ2) is 10.1. The molecule has 0 fully saturated rings. The molecule has 1 N–H and O–H groups in total. The number of nitrogens with one attached hydrogen (secondary N) is 1. The van der Waals surface area contributed by atoms with Crippen LogP contribution in [0.3, 0.4) is 0 Å². The topological polar surface area (TPSA) is 56.1 Å². The Bertz CT molecular complexity index is 1030. The maximum absolute atomic E-state index is 11.3. The Kier molecular flexibility index (Phi) is 6.78. The second-order valence-electron chi connectivity index (χ2n) is 7.58. The van der Waals surface area contributed by atoms with Crippen molar-refractivity contribution in [1.29, 1.82) is 0 Å². The minimum atomic E-state index is -0.561. The van der Waals surface area contributed by atoms with Crippen molar-refractivity contribution in [3.63, 3.8) is 0 Å². The van der Waals surface area contributed by atoms with Gasteiger partial charge in [-0.3, -0.25) is 4.79 Å². The van der Waals surface area contributed by atoms with Crippen LogP contribution in [0.4, 0.5) is 0 Å². The van der Waals surface area contributed by atoms with Gasteiger partial charge in [-0.2, -0.15) is 0 Å². The first-order valence-electron chi connectivity index (χ1n) is 10.7. The highest BCUT2D eigenvalue weighted by Crippen LogP contribution is 2.40. The third-order valence-corrected chi connectivity index (χ3v) is 5.65. The van der Waals surface area contributed by atoms with Crippen LogP contribution in [0.25, 0.3) is 0 Å². The Labute approximate surface area is 188 Å². The molecule has 0 atom stereocenters. The summed E-state index contributed by atoms with van der Waals surface area (Å²) in [5.41, 5.74) is 3.86. The van der Waals surface area contributed by atoms with Crippen molar-refractivity contribution in [3.05, 3.63) is 126 Å². The zero-order valence-electron chi connectivity index (χ0n) is 18.1. The number of esters is 1. The number of methoxy groups -OCH3 is 1. The molecule has 0 saturated carbocycles. The molecule has 0 radical (unpaired) electrons. The monoisotopic (exact) mass is 425 g/mol. The first-order valence-corrected chi connectivity index (χ1v) is 10.7. The Balaban J connectivity index is 1.77. The summed E-state index contributed by atoms with van der Waals surface area (Å²) in [6.45, 7) is 0.834. The molecule has 0 aliphatic rings. The Morgan fingerprint density at radius 3 is 1.84 bits per heavy atom. The summed E-state index contributed by atoms with van der Waals surface area (Å²) >= 11 is 0. The van der Waals surface area contributed by atoms with Gasteiger partial charge in [0.25, 0.3) is 0 Å². The second-order valence-corrected chi connectivity index (χ2v) is 7.58. The van der Waals surface area contributed by atoms with E-state index in [4.69, 9.17) is 4.98 Å². The first-order chi connectivity index (χ1) is 15.7. The molecule has 0 spiro atoms. The van der Waals surface area contributed by atoms with E-state index in [0.29, 0.717) is 13.0 Å². The molecule has 4 aromatic rings. The largest absolute Gasteiger partial charge is 0.468 e. The van der Waals surface area contributed by atoms with Crippen molar-refractivity contribution in [2.45, 2.75) is 12.0 Å². The average Bonchev–Trinajstić information content (AvgIpc) is 3.33. The molecule has 0 aliphatic heterocycles. The molecular weight excluding hydrogens is 398 g/mol. The summed E-state index contributed by atoms with van der Waals surface area (Å²) in [4.78, 5) is 16.0. The van der Waals surface area contributed by atoms with E-state index >= 15 is 0 Å². The predicted molar refractivity (Wildman–Crippen MR) is 125 cm³/mol. The van der Waals surface area contributed by atoms with Gasteiger partial charge in [-0.05, 0) is 16.7 Å². The Morgan fingerprint density at radius 1 is 0.875 bits per heavy atom. The van der Waals surface area contributed by atoms with Crippen LogP contribution in [0.1, 0.15) is 22.4 Å². The standard InChI is InChI=1S/C27H27N3O2/c1-32-26(31)19-28-18-17-25-20-30(21-29-25)27(22-11-5-2-6-12-22,23-13-7-3-8-14-23)24-15-9-4-10-16-24/h2-16,20-21,28H,17-19H2,1H3. The van der Waals surface area contributed by atoms with Crippen LogP contribution >= 0.6 is 0 Å². The lowest BCUT2D eigenvalue weighted by atomic mass is 9.77. The highest BCUT2D eigenvalue weighted by atomic mass is 16.5. The first kappa shape index (κ1) is 21.5. The van der Waals surface area contributed by atoms with Crippen LogP contribution < -0.4 is 5.32 Å². The summed E-state index contributed by atoms with van der Waals surface area (Å²) in [7, 11) is 1.39. The number of imidazole rings is 1. The van der Waals surface area contributed by atoms with Crippen molar-refractivity contribution in [2.75, 3.05) is 20.2 Å². The van der Waals surface area contributed by atoms with Crippen LogP contribution in [0.2, 0.25) is 0 Å². The van der Waals surface area contributed by atoms with E-state index in [0.717, 1.165) is 22.4 Å². The average molecular weight is 426 g/mol. The summed E-state index contributed by atoms with van der Waals surface area (Å²) in [6.07, 6.45) is 4.72. The molecule has 0 bridgehead atoms. The third-order valence-electron chi connectivity index (χ3n) is 5.65. The quantitative estimate of drug-likeness (QED) is 0.250. The molecule has 0 amide bonds. The number of benzene rings is 3. The van der Waals surface area contributed by atoms with E-state index in [9.17, 15) is 4.79 Å². The van der Waals surface area contributed by atoms with E-state index in [1.807, 2.05) is 24.5 Å². The lowest BCUT2D eigenvalue weighted by molar-refractivity contribution is -0.139. The normalized spacial score (nSPS) is 11.3. The van der Waals surface area contributed by atoms with Crippen LogP contribution in [0.5, 0.6) is 0 Å². The molecule has 1 heterocycles. The number of nitrogens with zero attached hydrogens (tertiary/aromatic N) is 2. The fraction of sp³-hybridized carbons (Fsp3) is 0.185. The van der Waals surface area contributed by atoms with Crippen LogP contribution in [-0.4, -0.2) is 35.7 Å². The number of carbonyl (C=O) groups is 1. The van der Waals surface area contributed by atoms with Crippen molar-refractivity contribution < 1.29 is 9.53 Å². The van der Waals surface area contributed by atoms with Gasteiger partial charge in [0.2, 0.25) is 0 Å². The van der Waals surface area contributed by atoms with Crippen LogP contribution in [0.15, 0.2) is 104 Å². The van der Waals surface area contributed by atoms with E-state index in [1.165, 1.54) is 7.11 Å². The molecule has 5 heteroatoms. The molecule has 1 aromatic heterocycles. The Morgan fingerprint density at radius 2 is 1.38 bits per heavy atom. The fourth-order valence-corrected chi connectivity index (χ4v) is 4.14. The molecule has 0 unspecified atom stereocenters. The SMILES string of the molecule is COC(=O)CNCCc1cn(C(c2ccccc2)(c2ccccc2)c2ccccc2)cn1. The van der Waals surface area contributed by atoms with E-state index in [1.54, 1.807) is 0 Å². The molecule has 3 aromatic carbocycles. The minimum absolute atomic E-state index is 0.194. The molecule has 32 heavy (non-hydrogen) atoms. The summed E-state index contributed by atoms with van der Waals surface area (Å²) < 4.78 is 6.87. The molecule has 162 valence electrons. The molecule has 5 nitrogen and oxygen atoms in total. The van der Waals surface area contributed by atoms with E-state index in [2.05, 4.69) is 93.6 Å². The number of hydrogen-bond acceptors (Lipinski definition) is 4. The zero-order valence-corrected chi connectivity index (χ0v) is 18.1. The smallest absolute Gasteiger partial charge is 0.319 e. The van der Waals surface area contributed by atoms with Gasteiger partial charge in [-0.25, -0.2) is 4.98 Å². The van der Waals surface area contributed by atoms with Gasteiger partial charge < -0.3 is 14.6 Å². The molecule has 0 aliphatic carbocycles. The summed E-state index contributed by atoms with van der Waals surface area (Å²) in [5, 5.41) is 3.10. The van der Waals surface area contributed by atoms with E-state index in [-0.39, 0.29) is 12.5 Å². The highest BCUT2D eigenvalue weighted by Gasteiger charge is 2.38. The van der Waals surface area contributed by atoms with Crippen molar-refractivity contribution in [1.82, 2.24) is 14.9 Å². The molecule has 4 rings (SSSR count). The van der Waals surface area contributed by atoms with Gasteiger partial charge in [-0.1, -0.05) is 91.0 Å². The van der Waals surface area contributed by atoms with Gasteiger partial charge >= 0.3 is 5.97 Å². The maximum Gasteiger partial charge on any atom is 0.319 e. The van der Waals surface area contributed by atoms with Crippen molar-refractivity contribution in [3.8, 4) is 0 Å². The minimum Gasteiger partial charge on any atom is -0.468 e. The van der Waals surface area contributed by atoms with Crippen LogP contribution in [0, 0.1) is 0 Å². The van der Waals surface area contributed by atoms with Gasteiger partial charge in [0.1, 0.15) is 5.54 Å². The number of rotatable bonds is 9. The van der Waals surface area contributed by atoms with Gasteiger partial charge in [0.15, 0.2) is 0 Å². The maximum atomic E-state index is 11.3. The predicted octanol–water partition coefficient (Wildman–Crippen LogP) is 4.03. The zero-order chi connectivity index (χ0) is 22.2. The van der Waals surface area contributed by atoms with Crippen molar-refractivity contribution in [2.24, 2.45) is 0 Å². The number of ether oxygens (including phenoxy) is 1. The lowest BCUT2D eigenvalue weighted by Crippen LogP contribution is -2.37. The fourth-order valence-electron chi connectivity index (χ4n) is 4.14. The van der Waals surface area contributed by atoms with Gasteiger partial charge in [0, 0.05) is 19.2 Å². The highest BCUT2D eigenvalue weighted by molar-refractivity contribution is 5.71. The lowest BCUT2D eigenvalue weighted by Gasteiger charge is -2.37. The third kappa shape index (κ3) is 4.34. The summed E-state index contributed by atoms with van der Waals surface area (Å²) in [5.74, 6) is -0.272. The number of aromatic nitrogens is 2. The number of hydrogen-bond donors (Lipinski definition) is 1. The van der Waals surface area contributed by atoms with E-state index < -0.39 is 5.54 Å². The molecule has 0 saturated heterocycles. The number of carbonyl (C=O) groups excluding carboxylic acids is 1. The Hall–Kier alpha value is -3.70. The van der Waals surface area contributed by atoms with Crippen molar-refractivity contribution >= 4 is 5.97 Å².